The van der Waals surface area contributed by atoms with Crippen molar-refractivity contribution in [3.63, 3.8) is 0 Å². The van der Waals surface area contributed by atoms with Crippen molar-refractivity contribution in [1.82, 2.24) is 5.32 Å². The van der Waals surface area contributed by atoms with Crippen LogP contribution in [0.1, 0.15) is 0 Å². The first kappa shape index (κ1) is 8.97. The molecule has 0 unspecified atom stereocenters. The standard InChI is InChI=1S/C6H13N3O/c1-10-5-4-9-3-2-6(7)8/h2-3,9H,4-5H2,1H3,(H3,7,8)/b3-2-. The number of nitrogens with one attached hydrogen (secondary N) is 2. The Labute approximate surface area is 60.6 Å². The molecule has 0 rings (SSSR count). The Morgan fingerprint density at radius 1 is 1.80 bits per heavy atom. The van der Waals surface area contributed by atoms with Crippen LogP contribution >= 0.6 is 0 Å². The molecule has 0 aliphatic rings. The van der Waals surface area contributed by atoms with Crippen molar-refractivity contribution in [2.24, 2.45) is 5.73 Å². The van der Waals surface area contributed by atoms with Gasteiger partial charge in [0.25, 0.3) is 0 Å². The van der Waals surface area contributed by atoms with Crippen molar-refractivity contribution in [2.75, 3.05) is 20.3 Å². The highest BCUT2D eigenvalue weighted by Crippen LogP contribution is 1.67. The number of rotatable bonds is 5. The SMILES string of the molecule is COCCN/C=C\C(=N)N. The van der Waals surface area contributed by atoms with Gasteiger partial charge >= 0.3 is 0 Å². The molecule has 0 aliphatic heterocycles. The van der Waals surface area contributed by atoms with Crippen LogP contribution in [0.2, 0.25) is 0 Å². The molecule has 0 atom stereocenters. The Morgan fingerprint density at radius 2 is 2.50 bits per heavy atom. The summed E-state index contributed by atoms with van der Waals surface area (Å²) >= 11 is 0. The molecule has 4 nitrogen and oxygen atoms in total. The van der Waals surface area contributed by atoms with Gasteiger partial charge in [-0.15, -0.1) is 0 Å². The maximum absolute atomic E-state index is 6.79. The van der Waals surface area contributed by atoms with Crippen LogP contribution in [0.25, 0.3) is 0 Å². The summed E-state index contributed by atoms with van der Waals surface area (Å²) in [5, 5.41) is 9.69. The molecule has 0 spiro atoms. The molecule has 0 saturated heterocycles. The normalized spacial score (nSPS) is 10.1. The van der Waals surface area contributed by atoms with Crippen LogP contribution in [0, 0.1) is 5.41 Å². The molecular formula is C6H13N3O. The van der Waals surface area contributed by atoms with Crippen LogP contribution in [-0.4, -0.2) is 26.1 Å². The quantitative estimate of drug-likeness (QED) is 0.280. The summed E-state index contributed by atoms with van der Waals surface area (Å²) in [5.41, 5.74) is 5.03. The Bertz CT molecular complexity index is 122. The molecule has 0 bridgehead atoms. The van der Waals surface area contributed by atoms with Gasteiger partial charge in [0.1, 0.15) is 5.84 Å². The van der Waals surface area contributed by atoms with Gasteiger partial charge < -0.3 is 15.8 Å². The molecule has 0 saturated carbocycles. The van der Waals surface area contributed by atoms with Crippen LogP contribution in [-0.2, 0) is 4.74 Å². The second kappa shape index (κ2) is 6.10. The lowest BCUT2D eigenvalue weighted by Crippen LogP contribution is -2.14. The summed E-state index contributed by atoms with van der Waals surface area (Å²) in [5.74, 6) is 0.0462. The number of hydrogen-bond donors (Lipinski definition) is 3. The topological polar surface area (TPSA) is 71.1 Å². The lowest BCUT2D eigenvalue weighted by molar-refractivity contribution is 0.203. The van der Waals surface area contributed by atoms with Crippen molar-refractivity contribution in [2.45, 2.75) is 0 Å². The molecule has 4 heteroatoms. The third-order valence-corrected chi connectivity index (χ3v) is 0.831. The molecule has 4 N–H and O–H groups in total. The zero-order valence-corrected chi connectivity index (χ0v) is 6.05. The van der Waals surface area contributed by atoms with Crippen LogP contribution in [0.5, 0.6) is 0 Å². The summed E-state index contributed by atoms with van der Waals surface area (Å²) in [6.07, 6.45) is 3.11. The minimum atomic E-state index is 0.0462. The highest BCUT2D eigenvalue weighted by atomic mass is 16.5. The summed E-state index contributed by atoms with van der Waals surface area (Å²) < 4.78 is 4.77. The van der Waals surface area contributed by atoms with Gasteiger partial charge in [-0.2, -0.15) is 0 Å². The Hall–Kier alpha value is -1.03. The predicted molar refractivity (Wildman–Crippen MR) is 40.9 cm³/mol. The first-order valence-electron chi connectivity index (χ1n) is 3.00. The van der Waals surface area contributed by atoms with Crippen LogP contribution in [0.15, 0.2) is 12.3 Å². The highest BCUT2D eigenvalue weighted by Gasteiger charge is 1.78. The minimum absolute atomic E-state index is 0.0462. The second-order valence-electron chi connectivity index (χ2n) is 1.74. The van der Waals surface area contributed by atoms with Gasteiger partial charge in [0.15, 0.2) is 0 Å². The van der Waals surface area contributed by atoms with Crippen molar-refractivity contribution < 1.29 is 4.74 Å². The maximum Gasteiger partial charge on any atom is 0.116 e. The van der Waals surface area contributed by atoms with Gasteiger partial charge in [-0.05, 0) is 6.08 Å². The third kappa shape index (κ3) is 6.97. The van der Waals surface area contributed by atoms with Gasteiger partial charge in [0.05, 0.1) is 6.61 Å². The van der Waals surface area contributed by atoms with Gasteiger partial charge in [-0.3, -0.25) is 5.41 Å². The number of methoxy groups -OCH3 is 1. The molecule has 0 aromatic carbocycles. The van der Waals surface area contributed by atoms with E-state index in [1.54, 1.807) is 13.3 Å². The first-order chi connectivity index (χ1) is 4.77. The number of ether oxygens (including phenoxy) is 1. The number of hydrogen-bond acceptors (Lipinski definition) is 3. The van der Waals surface area contributed by atoms with Crippen molar-refractivity contribution in [3.05, 3.63) is 12.3 Å². The summed E-state index contributed by atoms with van der Waals surface area (Å²) in [7, 11) is 1.64. The van der Waals surface area contributed by atoms with Crippen molar-refractivity contribution in [3.8, 4) is 0 Å². The Balaban J connectivity index is 3.10. The van der Waals surface area contributed by atoms with Crippen molar-refractivity contribution in [1.29, 1.82) is 5.41 Å². The fraction of sp³-hybridized carbons (Fsp3) is 0.500. The van der Waals surface area contributed by atoms with E-state index < -0.39 is 0 Å². The van der Waals surface area contributed by atoms with E-state index in [4.69, 9.17) is 15.9 Å². The van der Waals surface area contributed by atoms with E-state index in [0.29, 0.717) is 6.61 Å². The molecule has 0 amide bonds. The van der Waals surface area contributed by atoms with E-state index in [1.807, 2.05) is 0 Å². The van der Waals surface area contributed by atoms with E-state index in [2.05, 4.69) is 5.32 Å². The maximum atomic E-state index is 6.79. The molecule has 0 aliphatic carbocycles. The molecule has 0 aromatic heterocycles. The number of amidine groups is 1. The molecule has 0 aromatic rings. The van der Waals surface area contributed by atoms with E-state index in [-0.39, 0.29) is 5.84 Å². The minimum Gasteiger partial charge on any atom is -0.388 e. The zero-order valence-electron chi connectivity index (χ0n) is 6.05. The van der Waals surface area contributed by atoms with Crippen LogP contribution in [0.3, 0.4) is 0 Å². The van der Waals surface area contributed by atoms with Gasteiger partial charge in [-0.1, -0.05) is 0 Å². The first-order valence-corrected chi connectivity index (χ1v) is 3.00. The second-order valence-corrected chi connectivity index (χ2v) is 1.74. The lowest BCUT2D eigenvalue weighted by Gasteiger charge is -1.96. The fourth-order valence-corrected chi connectivity index (χ4v) is 0.393. The zero-order chi connectivity index (χ0) is 7.82. The van der Waals surface area contributed by atoms with E-state index >= 15 is 0 Å². The van der Waals surface area contributed by atoms with E-state index in [1.165, 1.54) is 6.08 Å². The van der Waals surface area contributed by atoms with E-state index in [9.17, 15) is 0 Å². The van der Waals surface area contributed by atoms with Gasteiger partial charge in [0, 0.05) is 19.9 Å². The van der Waals surface area contributed by atoms with Crippen LogP contribution < -0.4 is 11.1 Å². The average molecular weight is 143 g/mol. The molecule has 0 radical (unpaired) electrons. The molecule has 0 fully saturated rings. The molecule has 10 heavy (non-hydrogen) atoms. The summed E-state index contributed by atoms with van der Waals surface area (Å²) in [6.45, 7) is 1.39. The molecular weight excluding hydrogens is 130 g/mol. The molecule has 0 heterocycles. The Kier molecular flexibility index (Phi) is 5.47. The Morgan fingerprint density at radius 3 is 3.00 bits per heavy atom. The predicted octanol–water partition coefficient (Wildman–Crippen LogP) is -0.328. The summed E-state index contributed by atoms with van der Waals surface area (Å²) in [6, 6.07) is 0. The third-order valence-electron chi connectivity index (χ3n) is 0.831. The summed E-state index contributed by atoms with van der Waals surface area (Å²) in [4.78, 5) is 0. The van der Waals surface area contributed by atoms with Gasteiger partial charge in [0.2, 0.25) is 0 Å². The highest BCUT2D eigenvalue weighted by molar-refractivity contribution is 5.88. The van der Waals surface area contributed by atoms with Crippen molar-refractivity contribution >= 4 is 5.84 Å². The lowest BCUT2D eigenvalue weighted by atomic mass is 10.5. The average Bonchev–Trinajstić information content (AvgIpc) is 1.87. The largest absolute Gasteiger partial charge is 0.388 e. The monoisotopic (exact) mass is 143 g/mol. The van der Waals surface area contributed by atoms with E-state index in [0.717, 1.165) is 6.54 Å². The fourth-order valence-electron chi connectivity index (χ4n) is 0.393. The van der Waals surface area contributed by atoms with Gasteiger partial charge in [-0.25, -0.2) is 0 Å². The number of nitrogens with two attached hydrogens (primary N) is 1. The molecule has 58 valence electrons. The smallest absolute Gasteiger partial charge is 0.116 e. The van der Waals surface area contributed by atoms with Crippen LogP contribution in [0.4, 0.5) is 0 Å².